The van der Waals surface area contributed by atoms with Crippen LogP contribution in [-0.2, 0) is 0 Å². The van der Waals surface area contributed by atoms with Gasteiger partial charge >= 0.3 is 11.6 Å². The molecule has 0 aliphatic heterocycles. The molecule has 1 aromatic carbocycles. The SMILES string of the molecule is N#CC(=Cc1cc(O)c(O)c([N+](=O)[O-])c1)c1ccc[n+]([O-])c1F. The van der Waals surface area contributed by atoms with Crippen molar-refractivity contribution in [1.29, 1.82) is 5.26 Å². The van der Waals surface area contributed by atoms with Crippen LogP contribution in [0.25, 0.3) is 11.6 Å². The Kier molecular flexibility index (Phi) is 4.09. The first-order chi connectivity index (χ1) is 10.8. The van der Waals surface area contributed by atoms with Gasteiger partial charge in [0.15, 0.2) is 11.9 Å². The van der Waals surface area contributed by atoms with Gasteiger partial charge in [0.1, 0.15) is 6.07 Å². The zero-order chi connectivity index (χ0) is 17.1. The average molecular weight is 317 g/mol. The molecule has 0 fully saturated rings. The lowest BCUT2D eigenvalue weighted by Crippen LogP contribution is -2.31. The molecule has 0 saturated carbocycles. The number of nitriles is 1. The fourth-order valence-corrected chi connectivity index (χ4v) is 1.86. The molecule has 9 heteroatoms. The van der Waals surface area contributed by atoms with E-state index in [9.17, 15) is 29.9 Å². The average Bonchev–Trinajstić information content (AvgIpc) is 2.51. The van der Waals surface area contributed by atoms with Gasteiger partial charge in [-0.05, 0) is 23.8 Å². The highest BCUT2D eigenvalue weighted by atomic mass is 19.1. The molecule has 0 unspecified atom stereocenters. The Hall–Kier alpha value is -3.67. The second-order valence-corrected chi connectivity index (χ2v) is 4.37. The van der Waals surface area contributed by atoms with Gasteiger partial charge in [0, 0.05) is 12.1 Å². The Morgan fingerprint density at radius 1 is 1.43 bits per heavy atom. The van der Waals surface area contributed by atoms with Crippen LogP contribution in [-0.4, -0.2) is 15.1 Å². The second-order valence-electron chi connectivity index (χ2n) is 4.37. The fourth-order valence-electron chi connectivity index (χ4n) is 1.86. The molecule has 0 aliphatic carbocycles. The molecule has 8 nitrogen and oxygen atoms in total. The van der Waals surface area contributed by atoms with Crippen LogP contribution in [0.1, 0.15) is 11.1 Å². The minimum atomic E-state index is -1.21. The van der Waals surface area contributed by atoms with Gasteiger partial charge in [-0.3, -0.25) is 10.1 Å². The number of phenolic OH excluding ortho intramolecular Hbond substituents is 2. The maximum atomic E-state index is 13.8. The third-order valence-electron chi connectivity index (χ3n) is 2.91. The topological polar surface area (TPSA) is 134 Å². The lowest BCUT2D eigenvalue weighted by molar-refractivity contribution is -0.637. The van der Waals surface area contributed by atoms with E-state index in [2.05, 4.69) is 0 Å². The van der Waals surface area contributed by atoms with Crippen LogP contribution >= 0.6 is 0 Å². The molecule has 0 atom stereocenters. The third kappa shape index (κ3) is 3.01. The van der Waals surface area contributed by atoms with Crippen LogP contribution < -0.4 is 4.73 Å². The summed E-state index contributed by atoms with van der Waals surface area (Å²) < 4.78 is 13.7. The first kappa shape index (κ1) is 15.7. The van der Waals surface area contributed by atoms with E-state index in [1.165, 1.54) is 12.1 Å². The Morgan fingerprint density at radius 2 is 2.13 bits per heavy atom. The van der Waals surface area contributed by atoms with Gasteiger partial charge in [-0.1, -0.05) is 0 Å². The summed E-state index contributed by atoms with van der Waals surface area (Å²) in [5.74, 6) is -2.90. The zero-order valence-corrected chi connectivity index (χ0v) is 11.3. The number of halogens is 1. The monoisotopic (exact) mass is 317 g/mol. The molecule has 0 bridgehead atoms. The number of hydrogen-bond donors (Lipinski definition) is 2. The summed E-state index contributed by atoms with van der Waals surface area (Å²) in [6.07, 6.45) is 1.95. The number of rotatable bonds is 3. The first-order valence-corrected chi connectivity index (χ1v) is 6.05. The van der Waals surface area contributed by atoms with Crippen molar-refractivity contribution in [1.82, 2.24) is 0 Å². The van der Waals surface area contributed by atoms with Gasteiger partial charge in [-0.15, -0.1) is 9.12 Å². The minimum absolute atomic E-state index is 0.0238. The number of aromatic nitrogens is 1. The van der Waals surface area contributed by atoms with Crippen molar-refractivity contribution in [3.05, 3.63) is 62.9 Å². The van der Waals surface area contributed by atoms with E-state index in [1.807, 2.05) is 0 Å². The van der Waals surface area contributed by atoms with E-state index in [1.54, 1.807) is 6.07 Å². The molecule has 2 N–H and O–H groups in total. The summed E-state index contributed by atoms with van der Waals surface area (Å²) in [4.78, 5) is 9.87. The number of nitrogens with zero attached hydrogens (tertiary/aromatic N) is 3. The van der Waals surface area contributed by atoms with Gasteiger partial charge in [0.25, 0.3) is 0 Å². The van der Waals surface area contributed by atoms with Crippen molar-refractivity contribution in [2.24, 2.45) is 0 Å². The van der Waals surface area contributed by atoms with Crippen LogP contribution in [0, 0.1) is 32.6 Å². The van der Waals surface area contributed by atoms with Crippen molar-refractivity contribution in [3.8, 4) is 17.6 Å². The minimum Gasteiger partial charge on any atom is -0.617 e. The predicted octanol–water partition coefficient (Wildman–Crippen LogP) is 1.84. The highest BCUT2D eigenvalue weighted by Crippen LogP contribution is 2.37. The molecule has 23 heavy (non-hydrogen) atoms. The molecule has 1 heterocycles. The smallest absolute Gasteiger partial charge is 0.379 e. The normalized spacial score (nSPS) is 11.0. The number of nitro groups is 1. The third-order valence-corrected chi connectivity index (χ3v) is 2.91. The van der Waals surface area contributed by atoms with Crippen LogP contribution in [0.5, 0.6) is 11.5 Å². The zero-order valence-electron chi connectivity index (χ0n) is 11.3. The van der Waals surface area contributed by atoms with E-state index in [0.717, 1.165) is 24.4 Å². The second kappa shape index (κ2) is 5.98. The lowest BCUT2D eigenvalue weighted by atomic mass is 10.0. The number of aromatic hydroxyl groups is 2. The molecular weight excluding hydrogens is 309 g/mol. The van der Waals surface area contributed by atoms with E-state index in [0.29, 0.717) is 0 Å². The van der Waals surface area contributed by atoms with E-state index < -0.39 is 28.1 Å². The highest BCUT2D eigenvalue weighted by molar-refractivity contribution is 5.90. The Balaban J connectivity index is 2.62. The number of phenols is 2. The standard InChI is InChI=1S/C14H8FN3O5/c15-14-10(2-1-3-17(14)21)9(7-16)4-8-5-11(18(22)23)13(20)12(19)6-8/h1-6,19-20H. The van der Waals surface area contributed by atoms with Crippen LogP contribution in [0.3, 0.4) is 0 Å². The number of hydrogen-bond acceptors (Lipinski definition) is 6. The fraction of sp³-hybridized carbons (Fsp3) is 0. The molecule has 2 aromatic rings. The highest BCUT2D eigenvalue weighted by Gasteiger charge is 2.20. The summed E-state index contributed by atoms with van der Waals surface area (Å²) in [5, 5.41) is 50.0. The van der Waals surface area contributed by atoms with Gasteiger partial charge in [0.05, 0.1) is 16.1 Å². The van der Waals surface area contributed by atoms with Gasteiger partial charge < -0.3 is 15.4 Å². The Morgan fingerprint density at radius 3 is 2.74 bits per heavy atom. The van der Waals surface area contributed by atoms with E-state index in [4.69, 9.17) is 5.26 Å². The number of allylic oxidation sites excluding steroid dienone is 1. The summed E-state index contributed by atoms with van der Waals surface area (Å²) in [7, 11) is 0. The number of nitro benzene ring substituents is 1. The van der Waals surface area contributed by atoms with E-state index >= 15 is 0 Å². The molecule has 0 saturated heterocycles. The molecule has 2 rings (SSSR count). The predicted molar refractivity (Wildman–Crippen MR) is 75.3 cm³/mol. The molecule has 0 radical (unpaired) electrons. The van der Waals surface area contributed by atoms with Gasteiger partial charge in [-0.2, -0.15) is 5.26 Å². The molecular formula is C14H8FN3O5. The molecule has 116 valence electrons. The van der Waals surface area contributed by atoms with Crippen molar-refractivity contribution in [2.45, 2.75) is 0 Å². The molecule has 1 aromatic heterocycles. The Bertz CT molecular complexity index is 873. The first-order valence-electron chi connectivity index (χ1n) is 6.05. The number of benzene rings is 1. The molecule has 0 amide bonds. The summed E-state index contributed by atoms with van der Waals surface area (Å²) in [6, 6.07) is 5.96. The largest absolute Gasteiger partial charge is 0.617 e. The van der Waals surface area contributed by atoms with Gasteiger partial charge in [0.2, 0.25) is 5.75 Å². The van der Waals surface area contributed by atoms with Crippen LogP contribution in [0.15, 0.2) is 30.5 Å². The quantitative estimate of drug-likeness (QED) is 0.169. The lowest BCUT2D eigenvalue weighted by Gasteiger charge is -2.04. The van der Waals surface area contributed by atoms with Gasteiger partial charge in [-0.25, -0.2) is 0 Å². The molecule has 0 spiro atoms. The van der Waals surface area contributed by atoms with E-state index in [-0.39, 0.29) is 21.4 Å². The summed E-state index contributed by atoms with van der Waals surface area (Å²) >= 11 is 0. The van der Waals surface area contributed by atoms with Crippen molar-refractivity contribution in [3.63, 3.8) is 0 Å². The maximum Gasteiger partial charge on any atom is 0.379 e. The summed E-state index contributed by atoms with van der Waals surface area (Å²) in [6.45, 7) is 0. The number of pyridine rings is 1. The Labute approximate surface area is 128 Å². The van der Waals surface area contributed by atoms with Crippen molar-refractivity contribution in [2.75, 3.05) is 0 Å². The van der Waals surface area contributed by atoms with Crippen LogP contribution in [0.4, 0.5) is 10.1 Å². The van der Waals surface area contributed by atoms with Crippen molar-refractivity contribution >= 4 is 17.3 Å². The summed E-state index contributed by atoms with van der Waals surface area (Å²) in [5.41, 5.74) is -1.39. The van der Waals surface area contributed by atoms with Crippen molar-refractivity contribution < 1.29 is 24.3 Å². The van der Waals surface area contributed by atoms with Crippen LogP contribution in [0.2, 0.25) is 0 Å². The molecule has 0 aliphatic rings. The maximum absolute atomic E-state index is 13.8.